The maximum atomic E-state index is 14.7. The van der Waals surface area contributed by atoms with E-state index in [-0.39, 0.29) is 62.2 Å². The molecule has 1 aromatic heterocycles. The molecule has 0 unspecified atom stereocenters. The van der Waals surface area contributed by atoms with Crippen LogP contribution in [-0.2, 0) is 15.0 Å². The van der Waals surface area contributed by atoms with Gasteiger partial charge in [0.1, 0.15) is 15.8 Å². The van der Waals surface area contributed by atoms with Gasteiger partial charge in [0, 0.05) is 23.2 Å². The van der Waals surface area contributed by atoms with E-state index in [0.29, 0.717) is 12.2 Å². The number of aromatic nitrogens is 2. The largest absolute Gasteiger partial charge is 0.307 e. The minimum absolute atomic E-state index is 0.0129. The Morgan fingerprint density at radius 1 is 0.923 bits per heavy atom. The van der Waals surface area contributed by atoms with Crippen LogP contribution in [0.1, 0.15) is 110 Å². The van der Waals surface area contributed by atoms with Crippen molar-refractivity contribution in [1.82, 2.24) is 10.2 Å². The average Bonchev–Trinajstić information content (AvgIpc) is 3.29. The van der Waals surface area contributed by atoms with Gasteiger partial charge in [-0.2, -0.15) is 0 Å². The topological polar surface area (TPSA) is 64.3 Å². The molecule has 0 aromatic carbocycles. The molecular formula is C33H45N3O2S. The predicted octanol–water partition coefficient (Wildman–Crippen LogP) is 7.75. The Morgan fingerprint density at radius 3 is 2.26 bits per heavy atom. The summed E-state index contributed by atoms with van der Waals surface area (Å²) in [4.78, 5) is 31.7. The Bertz CT molecular complexity index is 1330. The monoisotopic (exact) mass is 547 g/mol. The number of Topliss-reactive ketones (excluding diaryl/α,β-unsaturated/α-hetero) is 2. The van der Waals surface area contributed by atoms with Crippen LogP contribution in [0.25, 0.3) is 4.85 Å². The fourth-order valence-electron chi connectivity index (χ4n) is 11.1. The predicted molar refractivity (Wildman–Crippen MR) is 154 cm³/mol. The number of carbonyl (C=O) groups excluding carboxylic acids is 2. The Morgan fingerprint density at radius 2 is 1.62 bits per heavy atom. The van der Waals surface area contributed by atoms with Gasteiger partial charge in [-0.1, -0.05) is 54.5 Å². The van der Waals surface area contributed by atoms with Crippen molar-refractivity contribution >= 4 is 22.9 Å². The Labute approximate surface area is 238 Å². The van der Waals surface area contributed by atoms with E-state index in [1.807, 2.05) is 26.8 Å². The number of ketones is 2. The van der Waals surface area contributed by atoms with Crippen LogP contribution in [0.5, 0.6) is 0 Å². The first-order valence-corrected chi connectivity index (χ1v) is 15.9. The van der Waals surface area contributed by atoms with E-state index in [2.05, 4.69) is 44.6 Å². The van der Waals surface area contributed by atoms with Gasteiger partial charge in [-0.05, 0) is 91.3 Å². The van der Waals surface area contributed by atoms with Gasteiger partial charge >= 0.3 is 0 Å². The van der Waals surface area contributed by atoms with Crippen LogP contribution >= 0.6 is 11.3 Å². The highest BCUT2D eigenvalue weighted by atomic mass is 32.1. The molecule has 5 aliphatic rings. The van der Waals surface area contributed by atoms with E-state index in [0.717, 1.165) is 55.0 Å². The van der Waals surface area contributed by atoms with Gasteiger partial charge in [0.15, 0.2) is 5.78 Å². The van der Waals surface area contributed by atoms with Crippen LogP contribution in [0, 0.1) is 64.2 Å². The van der Waals surface area contributed by atoms with Gasteiger partial charge in [-0.3, -0.25) is 4.79 Å². The second-order valence-electron chi connectivity index (χ2n) is 15.9. The van der Waals surface area contributed by atoms with Gasteiger partial charge in [-0.15, -0.1) is 21.5 Å². The number of rotatable bonds is 1. The van der Waals surface area contributed by atoms with Crippen LogP contribution in [0.4, 0.5) is 0 Å². The maximum Gasteiger partial charge on any atom is 0.226 e. The molecule has 5 nitrogen and oxygen atoms in total. The van der Waals surface area contributed by atoms with E-state index >= 15 is 0 Å². The molecular weight excluding hydrogens is 502 g/mol. The summed E-state index contributed by atoms with van der Waals surface area (Å²) in [6.07, 6.45) is 9.97. The van der Waals surface area contributed by atoms with E-state index in [4.69, 9.17) is 11.7 Å². The number of hydrogen-bond donors (Lipinski definition) is 0. The highest BCUT2D eigenvalue weighted by molar-refractivity contribution is 7.11. The van der Waals surface area contributed by atoms with Crippen LogP contribution in [-0.4, -0.2) is 21.8 Å². The number of nitrogens with zero attached hydrogens (tertiary/aromatic N) is 3. The lowest BCUT2D eigenvalue weighted by atomic mass is 9.31. The van der Waals surface area contributed by atoms with Gasteiger partial charge in [0.05, 0.1) is 6.57 Å². The number of fused-ring (bicyclic) bond motifs is 7. The van der Waals surface area contributed by atoms with Crippen molar-refractivity contribution in [2.75, 3.05) is 0 Å². The summed E-state index contributed by atoms with van der Waals surface area (Å²) in [7, 11) is 0. The summed E-state index contributed by atoms with van der Waals surface area (Å²) in [5, 5.41) is 11.4. The van der Waals surface area contributed by atoms with Crippen LogP contribution in [0.3, 0.4) is 0 Å². The molecule has 39 heavy (non-hydrogen) atoms. The summed E-state index contributed by atoms with van der Waals surface area (Å²) in [5.41, 5.74) is -0.661. The summed E-state index contributed by atoms with van der Waals surface area (Å²) in [6, 6.07) is 0. The normalized spacial score (nSPS) is 46.2. The molecule has 1 heterocycles. The molecule has 0 N–H and O–H groups in total. The van der Waals surface area contributed by atoms with Gasteiger partial charge in [0.25, 0.3) is 0 Å². The molecule has 0 saturated heterocycles. The zero-order valence-corrected chi connectivity index (χ0v) is 25.9. The quantitative estimate of drug-likeness (QED) is 0.337. The molecule has 5 aliphatic carbocycles. The van der Waals surface area contributed by atoms with Crippen molar-refractivity contribution < 1.29 is 9.59 Å². The SMILES string of the molecule is [C-]#[N+]C1=C[C@]2(C)[C@H]3CC(=O)[C@@H]4[C@@H]5CC(C)(C)CC[C@]5(c5nnc(C)s5)CC[C@@]4(C)[C@]3(C)CC[C@H]2C(C)(C)C1=O. The lowest BCUT2D eigenvalue weighted by Crippen LogP contribution is -2.69. The third-order valence-electron chi connectivity index (χ3n) is 13.4. The standard InChI is InChI=1S/C33H45N3O2S/c1-19-35-36-27(39-19)33-14-12-28(2,3)17-20(33)25-22(37)16-24-30(6)18-21(34-9)26(38)29(4,5)23(30)10-11-31(24,7)32(25,8)13-15-33/h18,20,23-25H,10-17H2,1-8H3/t20-,23-,24+,25-,30-,31+,32+,33-/m0/s1. The second kappa shape index (κ2) is 8.11. The maximum absolute atomic E-state index is 14.7. The number of allylic oxidation sites excluding steroid dienone is 2. The van der Waals surface area contributed by atoms with Crippen molar-refractivity contribution in [2.24, 2.45) is 50.7 Å². The summed E-state index contributed by atoms with van der Waals surface area (Å²) < 4.78 is 0. The van der Waals surface area contributed by atoms with Gasteiger partial charge < -0.3 is 4.79 Å². The fourth-order valence-corrected chi connectivity index (χ4v) is 12.1. The van der Waals surface area contributed by atoms with Crippen molar-refractivity contribution in [3.8, 4) is 0 Å². The summed E-state index contributed by atoms with van der Waals surface area (Å²) in [5.74, 6) is 0.974. The number of carbonyl (C=O) groups is 2. The summed E-state index contributed by atoms with van der Waals surface area (Å²) >= 11 is 1.75. The highest BCUT2D eigenvalue weighted by Crippen LogP contribution is 2.76. The van der Waals surface area contributed by atoms with E-state index in [9.17, 15) is 9.59 Å². The molecule has 8 atom stereocenters. The molecule has 0 radical (unpaired) electrons. The molecule has 6 rings (SSSR count). The zero-order valence-electron chi connectivity index (χ0n) is 25.1. The van der Waals surface area contributed by atoms with Crippen molar-refractivity contribution in [2.45, 2.75) is 112 Å². The molecule has 210 valence electrons. The molecule has 6 heteroatoms. The third kappa shape index (κ3) is 3.35. The molecule has 0 aliphatic heterocycles. The highest BCUT2D eigenvalue weighted by Gasteiger charge is 2.72. The second-order valence-corrected chi connectivity index (χ2v) is 17.1. The average molecular weight is 548 g/mol. The van der Waals surface area contributed by atoms with Crippen molar-refractivity contribution in [3.05, 3.63) is 33.2 Å². The van der Waals surface area contributed by atoms with Crippen LogP contribution in [0.15, 0.2) is 11.8 Å². The molecule has 0 spiro atoms. The van der Waals surface area contributed by atoms with Crippen molar-refractivity contribution in [3.63, 3.8) is 0 Å². The Balaban J connectivity index is 1.49. The Hall–Kier alpha value is -1.87. The molecule has 4 fully saturated rings. The van der Waals surface area contributed by atoms with Gasteiger partial charge in [-0.25, -0.2) is 4.85 Å². The minimum Gasteiger partial charge on any atom is -0.307 e. The van der Waals surface area contributed by atoms with E-state index < -0.39 is 5.41 Å². The van der Waals surface area contributed by atoms with E-state index in [1.54, 1.807) is 11.3 Å². The first-order chi connectivity index (χ1) is 18.1. The third-order valence-corrected chi connectivity index (χ3v) is 14.5. The van der Waals surface area contributed by atoms with E-state index in [1.165, 1.54) is 0 Å². The smallest absolute Gasteiger partial charge is 0.226 e. The van der Waals surface area contributed by atoms with Crippen LogP contribution < -0.4 is 0 Å². The summed E-state index contributed by atoms with van der Waals surface area (Å²) in [6.45, 7) is 25.9. The lowest BCUT2D eigenvalue weighted by Gasteiger charge is -2.72. The minimum atomic E-state index is -0.587. The lowest BCUT2D eigenvalue weighted by molar-refractivity contribution is -0.214. The van der Waals surface area contributed by atoms with Crippen LogP contribution in [0.2, 0.25) is 0 Å². The zero-order chi connectivity index (χ0) is 28.4. The Kier molecular flexibility index (Phi) is 5.68. The number of aryl methyl sites for hydroxylation is 1. The first kappa shape index (κ1) is 27.3. The molecule has 4 saturated carbocycles. The molecule has 1 aromatic rings. The number of hydrogen-bond acceptors (Lipinski definition) is 5. The van der Waals surface area contributed by atoms with Crippen molar-refractivity contribution in [1.29, 1.82) is 0 Å². The fraction of sp³-hybridized carbons (Fsp3) is 0.788. The van der Waals surface area contributed by atoms with Gasteiger partial charge in [0.2, 0.25) is 5.70 Å². The first-order valence-electron chi connectivity index (χ1n) is 15.0. The molecule has 0 amide bonds. The molecule has 0 bridgehead atoms.